The minimum atomic E-state index is -0.850. The third-order valence-electron chi connectivity index (χ3n) is 2.58. The number of nitrogens with zero attached hydrogens (tertiary/aromatic N) is 1. The zero-order chi connectivity index (χ0) is 14.4. The number of nitrogens with one attached hydrogen (secondary N) is 1. The third kappa shape index (κ3) is 5.46. The van der Waals surface area contributed by atoms with Crippen molar-refractivity contribution in [1.29, 1.82) is 0 Å². The minimum absolute atomic E-state index is 0.0689. The van der Waals surface area contributed by atoms with Gasteiger partial charge in [0.05, 0.1) is 12.3 Å². The van der Waals surface area contributed by atoms with Gasteiger partial charge in [0.25, 0.3) is 0 Å². The molecule has 0 aliphatic heterocycles. The number of nitrogen functional groups attached to an aromatic ring is 1. The number of nitrogens with two attached hydrogens (primary N) is 1. The van der Waals surface area contributed by atoms with Crippen LogP contribution in [0.2, 0.25) is 0 Å². The highest BCUT2D eigenvalue weighted by Crippen LogP contribution is 2.21. The van der Waals surface area contributed by atoms with Crippen molar-refractivity contribution < 1.29 is 8.95 Å². The van der Waals surface area contributed by atoms with Gasteiger partial charge in [-0.15, -0.1) is 0 Å². The largest absolute Gasteiger partial charge is 0.476 e. The summed E-state index contributed by atoms with van der Waals surface area (Å²) in [6.07, 6.45) is 1.69. The van der Waals surface area contributed by atoms with Crippen molar-refractivity contribution in [2.45, 2.75) is 26.0 Å². The molecular weight excluding hydrogens is 262 g/mol. The highest BCUT2D eigenvalue weighted by atomic mass is 32.2. The zero-order valence-electron chi connectivity index (χ0n) is 12.0. The lowest BCUT2D eigenvalue weighted by Crippen LogP contribution is -2.21. The molecule has 0 fully saturated rings. The number of rotatable bonds is 7. The lowest BCUT2D eigenvalue weighted by atomic mass is 10.2. The molecule has 19 heavy (non-hydrogen) atoms. The summed E-state index contributed by atoms with van der Waals surface area (Å²) in [6, 6.07) is 3.56. The predicted octanol–water partition coefficient (Wildman–Crippen LogP) is 1.88. The van der Waals surface area contributed by atoms with Crippen molar-refractivity contribution >= 4 is 22.3 Å². The summed E-state index contributed by atoms with van der Waals surface area (Å²) in [7, 11) is -0.850. The molecule has 6 heteroatoms. The summed E-state index contributed by atoms with van der Waals surface area (Å²) in [4.78, 5) is 4.32. The molecule has 1 heterocycles. The van der Waals surface area contributed by atoms with Crippen molar-refractivity contribution in [3.05, 3.63) is 12.1 Å². The molecule has 0 aliphatic carbocycles. The topological polar surface area (TPSA) is 77.2 Å². The van der Waals surface area contributed by atoms with Crippen LogP contribution < -0.4 is 15.8 Å². The van der Waals surface area contributed by atoms with E-state index >= 15 is 0 Å². The molecule has 2 atom stereocenters. The number of pyridine rings is 1. The van der Waals surface area contributed by atoms with E-state index in [2.05, 4.69) is 24.1 Å². The van der Waals surface area contributed by atoms with Crippen LogP contribution in [-0.4, -0.2) is 33.9 Å². The quantitative estimate of drug-likeness (QED) is 0.800. The van der Waals surface area contributed by atoms with Crippen molar-refractivity contribution in [3.63, 3.8) is 0 Å². The average molecular weight is 285 g/mol. The van der Waals surface area contributed by atoms with E-state index < -0.39 is 10.8 Å². The van der Waals surface area contributed by atoms with Crippen LogP contribution in [0.25, 0.3) is 0 Å². The molecule has 1 aromatic rings. The van der Waals surface area contributed by atoms with Gasteiger partial charge in [0.1, 0.15) is 5.82 Å². The standard InChI is InChI=1S/C13H23N3O2S/c1-9(2)8-18-13-11(14)5-6-12(16-13)15-7-10(3)19(4)17/h5-6,9-10H,7-8,14H2,1-4H3,(H,15,16). The minimum Gasteiger partial charge on any atom is -0.476 e. The van der Waals surface area contributed by atoms with Crippen molar-refractivity contribution in [1.82, 2.24) is 4.98 Å². The second-order valence-corrected chi connectivity index (χ2v) is 6.79. The Balaban J connectivity index is 2.65. The number of anilines is 2. The fourth-order valence-corrected chi connectivity index (χ4v) is 1.59. The summed E-state index contributed by atoms with van der Waals surface area (Å²) >= 11 is 0. The van der Waals surface area contributed by atoms with Gasteiger partial charge < -0.3 is 15.8 Å². The van der Waals surface area contributed by atoms with Gasteiger partial charge in [0.15, 0.2) is 0 Å². The maximum atomic E-state index is 11.3. The Labute approximate surface area is 117 Å². The first-order valence-corrected chi connectivity index (χ1v) is 7.97. The van der Waals surface area contributed by atoms with Gasteiger partial charge in [0, 0.05) is 28.9 Å². The zero-order valence-corrected chi connectivity index (χ0v) is 12.8. The molecule has 0 spiro atoms. The van der Waals surface area contributed by atoms with Crippen molar-refractivity contribution in [2.24, 2.45) is 5.92 Å². The van der Waals surface area contributed by atoms with Gasteiger partial charge >= 0.3 is 0 Å². The molecule has 0 saturated carbocycles. The van der Waals surface area contributed by atoms with Gasteiger partial charge in [-0.1, -0.05) is 13.8 Å². The van der Waals surface area contributed by atoms with E-state index in [9.17, 15) is 4.21 Å². The van der Waals surface area contributed by atoms with Crippen molar-refractivity contribution in [2.75, 3.05) is 30.5 Å². The monoisotopic (exact) mass is 285 g/mol. The fraction of sp³-hybridized carbons (Fsp3) is 0.615. The lowest BCUT2D eigenvalue weighted by Gasteiger charge is -2.13. The Morgan fingerprint density at radius 2 is 2.11 bits per heavy atom. The highest BCUT2D eigenvalue weighted by molar-refractivity contribution is 7.84. The molecule has 0 aliphatic rings. The van der Waals surface area contributed by atoms with Crippen LogP contribution in [0, 0.1) is 5.92 Å². The Morgan fingerprint density at radius 3 is 2.68 bits per heavy atom. The molecule has 0 saturated heterocycles. The molecule has 1 aromatic heterocycles. The smallest absolute Gasteiger partial charge is 0.239 e. The average Bonchev–Trinajstić information content (AvgIpc) is 2.35. The van der Waals surface area contributed by atoms with E-state index in [0.29, 0.717) is 36.5 Å². The Morgan fingerprint density at radius 1 is 1.42 bits per heavy atom. The van der Waals surface area contributed by atoms with Gasteiger partial charge in [-0.25, -0.2) is 0 Å². The summed E-state index contributed by atoms with van der Waals surface area (Å²) < 4.78 is 16.8. The number of aromatic nitrogens is 1. The second-order valence-electron chi connectivity index (χ2n) is 4.99. The van der Waals surface area contributed by atoms with E-state index in [-0.39, 0.29) is 5.25 Å². The second kappa shape index (κ2) is 7.33. The maximum Gasteiger partial charge on any atom is 0.239 e. The van der Waals surface area contributed by atoms with E-state index in [0.717, 1.165) is 0 Å². The molecule has 108 valence electrons. The maximum absolute atomic E-state index is 11.3. The summed E-state index contributed by atoms with van der Waals surface area (Å²) in [5.41, 5.74) is 6.34. The first-order valence-electron chi connectivity index (χ1n) is 6.35. The van der Waals surface area contributed by atoms with Gasteiger partial charge in [-0.2, -0.15) is 4.98 Å². The highest BCUT2D eigenvalue weighted by Gasteiger charge is 2.08. The van der Waals surface area contributed by atoms with Gasteiger partial charge in [0.2, 0.25) is 5.88 Å². The van der Waals surface area contributed by atoms with Crippen LogP contribution in [0.15, 0.2) is 12.1 Å². The predicted molar refractivity (Wildman–Crippen MR) is 81.0 cm³/mol. The molecule has 1 rings (SSSR count). The molecule has 5 nitrogen and oxygen atoms in total. The molecule has 0 aromatic carbocycles. The number of hydrogen-bond donors (Lipinski definition) is 2. The molecule has 0 bridgehead atoms. The molecular formula is C13H23N3O2S. The van der Waals surface area contributed by atoms with Gasteiger partial charge in [-0.05, 0) is 25.0 Å². The molecule has 0 amide bonds. The first-order chi connectivity index (χ1) is 8.90. The van der Waals surface area contributed by atoms with Crippen LogP contribution in [0.1, 0.15) is 20.8 Å². The number of hydrogen-bond acceptors (Lipinski definition) is 5. The molecule has 0 radical (unpaired) electrons. The first kappa shape index (κ1) is 15.8. The van der Waals surface area contributed by atoms with E-state index in [1.165, 1.54) is 0 Å². The van der Waals surface area contributed by atoms with Crippen LogP contribution in [0.5, 0.6) is 5.88 Å². The van der Waals surface area contributed by atoms with E-state index in [1.54, 1.807) is 18.4 Å². The summed E-state index contributed by atoms with van der Waals surface area (Å²) in [6.45, 7) is 7.24. The fourth-order valence-electron chi connectivity index (χ4n) is 1.28. The molecule has 2 unspecified atom stereocenters. The van der Waals surface area contributed by atoms with Crippen LogP contribution in [0.4, 0.5) is 11.5 Å². The Hall–Kier alpha value is -1.30. The summed E-state index contributed by atoms with van der Waals surface area (Å²) in [5.74, 6) is 1.55. The van der Waals surface area contributed by atoms with Crippen LogP contribution in [0.3, 0.4) is 0 Å². The van der Waals surface area contributed by atoms with E-state index in [1.807, 2.05) is 6.92 Å². The van der Waals surface area contributed by atoms with Gasteiger partial charge in [-0.3, -0.25) is 4.21 Å². The van der Waals surface area contributed by atoms with Crippen LogP contribution in [-0.2, 0) is 10.8 Å². The third-order valence-corrected chi connectivity index (χ3v) is 3.88. The summed E-state index contributed by atoms with van der Waals surface area (Å²) in [5, 5.41) is 3.21. The normalized spacial score (nSPS) is 14.2. The lowest BCUT2D eigenvalue weighted by molar-refractivity contribution is 0.263. The SMILES string of the molecule is CC(C)COc1nc(NCC(C)S(C)=O)ccc1N. The van der Waals surface area contributed by atoms with Crippen LogP contribution >= 0.6 is 0 Å². The molecule has 3 N–H and O–H groups in total. The number of ether oxygens (including phenoxy) is 1. The Kier molecular flexibility index (Phi) is 6.08. The Bertz CT molecular complexity index is 438. The van der Waals surface area contributed by atoms with E-state index in [4.69, 9.17) is 10.5 Å². The van der Waals surface area contributed by atoms with Crippen molar-refractivity contribution in [3.8, 4) is 5.88 Å².